The maximum atomic E-state index is 12.1. The number of sulfone groups is 1. The molecule has 0 bridgehead atoms. The average molecular weight is 450 g/mol. The van der Waals surface area contributed by atoms with Crippen molar-refractivity contribution in [3.05, 3.63) is 39.2 Å². The van der Waals surface area contributed by atoms with Crippen LogP contribution in [0.2, 0.25) is 0 Å². The molecule has 1 atom stereocenters. The van der Waals surface area contributed by atoms with Crippen molar-refractivity contribution in [3.8, 4) is 5.75 Å². The van der Waals surface area contributed by atoms with Gasteiger partial charge in [0.1, 0.15) is 18.1 Å². The number of nitrogens with zero attached hydrogens (tertiary/aromatic N) is 1. The quantitative estimate of drug-likeness (QED) is 0.489. The zero-order valence-electron chi connectivity index (χ0n) is 17.8. The van der Waals surface area contributed by atoms with Crippen molar-refractivity contribution >= 4 is 26.8 Å². The van der Waals surface area contributed by atoms with Gasteiger partial charge < -0.3 is 13.9 Å². The summed E-state index contributed by atoms with van der Waals surface area (Å²) in [6, 6.07) is 3.23. The summed E-state index contributed by atoms with van der Waals surface area (Å²) in [5, 5.41) is 0.791. The largest absolute Gasteiger partial charge is 0.477 e. The van der Waals surface area contributed by atoms with Gasteiger partial charge in [0.25, 0.3) is 0 Å². The monoisotopic (exact) mass is 449 g/mol. The third kappa shape index (κ3) is 4.62. The molecule has 168 valence electrons. The third-order valence-electron chi connectivity index (χ3n) is 5.89. The SMILES string of the molecule is CCCOC(=O)CCc1cc2c(C)cc(=O)oc2c2c1OCN(C1CCS(=O)(=O)C1)C2. The molecule has 0 amide bonds. The predicted molar refractivity (Wildman–Crippen MR) is 115 cm³/mol. The van der Waals surface area contributed by atoms with Crippen LogP contribution < -0.4 is 10.4 Å². The molecule has 3 heterocycles. The van der Waals surface area contributed by atoms with Gasteiger partial charge in [-0.05, 0) is 43.4 Å². The van der Waals surface area contributed by atoms with Gasteiger partial charge in [0, 0.05) is 30.5 Å². The number of rotatable bonds is 6. The molecule has 8 nitrogen and oxygen atoms in total. The molecule has 0 saturated carbocycles. The maximum absolute atomic E-state index is 12.1. The van der Waals surface area contributed by atoms with E-state index in [1.165, 1.54) is 6.07 Å². The molecule has 1 fully saturated rings. The third-order valence-corrected chi connectivity index (χ3v) is 7.64. The van der Waals surface area contributed by atoms with Crippen LogP contribution in [0.15, 0.2) is 21.3 Å². The second-order valence-electron chi connectivity index (χ2n) is 8.27. The van der Waals surface area contributed by atoms with E-state index < -0.39 is 15.5 Å². The molecule has 9 heteroatoms. The fraction of sp³-hybridized carbons (Fsp3) is 0.545. The normalized spacial score (nSPS) is 20.4. The lowest BCUT2D eigenvalue weighted by Gasteiger charge is -2.34. The van der Waals surface area contributed by atoms with Gasteiger partial charge in [0.2, 0.25) is 0 Å². The summed E-state index contributed by atoms with van der Waals surface area (Å²) < 4.78 is 40.7. The number of carbonyl (C=O) groups excluding carboxylic acids is 1. The van der Waals surface area contributed by atoms with Crippen LogP contribution in [-0.2, 0) is 32.3 Å². The lowest BCUT2D eigenvalue weighted by molar-refractivity contribution is -0.143. The van der Waals surface area contributed by atoms with Gasteiger partial charge >= 0.3 is 11.6 Å². The molecule has 2 aliphatic rings. The Balaban J connectivity index is 1.69. The first kappa shape index (κ1) is 21.8. The standard InChI is InChI=1S/C22H27NO7S/c1-3-7-28-19(24)5-4-15-10-17-14(2)9-20(25)30-22(17)18-11-23(13-29-21(15)18)16-6-8-31(26,27)12-16/h9-10,16H,3-8,11-13H2,1-2H3. The van der Waals surface area contributed by atoms with Crippen LogP contribution in [0.4, 0.5) is 0 Å². The molecule has 1 saturated heterocycles. The van der Waals surface area contributed by atoms with Crippen molar-refractivity contribution in [1.29, 1.82) is 0 Å². The van der Waals surface area contributed by atoms with Crippen molar-refractivity contribution in [3.63, 3.8) is 0 Å². The highest BCUT2D eigenvalue weighted by molar-refractivity contribution is 7.91. The fourth-order valence-electron chi connectivity index (χ4n) is 4.29. The maximum Gasteiger partial charge on any atom is 0.336 e. The zero-order valence-corrected chi connectivity index (χ0v) is 18.6. The van der Waals surface area contributed by atoms with E-state index in [4.69, 9.17) is 13.9 Å². The number of ether oxygens (including phenoxy) is 2. The number of fused-ring (bicyclic) bond motifs is 3. The van der Waals surface area contributed by atoms with E-state index in [0.717, 1.165) is 28.5 Å². The van der Waals surface area contributed by atoms with Crippen molar-refractivity contribution < 1.29 is 27.1 Å². The molecule has 0 aliphatic carbocycles. The van der Waals surface area contributed by atoms with Crippen LogP contribution in [0.25, 0.3) is 11.0 Å². The Morgan fingerprint density at radius 3 is 2.84 bits per heavy atom. The first-order valence-electron chi connectivity index (χ1n) is 10.6. The summed E-state index contributed by atoms with van der Waals surface area (Å²) in [4.78, 5) is 26.0. The van der Waals surface area contributed by atoms with Gasteiger partial charge in [-0.2, -0.15) is 0 Å². The van der Waals surface area contributed by atoms with Crippen molar-refractivity contribution in [2.75, 3.05) is 24.8 Å². The molecule has 1 unspecified atom stereocenters. The number of hydrogen-bond acceptors (Lipinski definition) is 8. The molecule has 2 aliphatic heterocycles. The second-order valence-corrected chi connectivity index (χ2v) is 10.5. The molecule has 31 heavy (non-hydrogen) atoms. The first-order valence-corrected chi connectivity index (χ1v) is 12.4. The molecule has 0 N–H and O–H groups in total. The minimum absolute atomic E-state index is 0.107. The van der Waals surface area contributed by atoms with Gasteiger partial charge in [-0.1, -0.05) is 6.92 Å². The number of esters is 1. The number of aryl methyl sites for hydroxylation is 2. The van der Waals surface area contributed by atoms with E-state index in [2.05, 4.69) is 0 Å². The second kappa shape index (κ2) is 8.63. The number of hydrogen-bond donors (Lipinski definition) is 0. The lowest BCUT2D eigenvalue weighted by Crippen LogP contribution is -2.41. The Bertz CT molecular complexity index is 1170. The van der Waals surface area contributed by atoms with Gasteiger partial charge in [0.05, 0.1) is 23.7 Å². The number of carbonyl (C=O) groups is 1. The summed E-state index contributed by atoms with van der Waals surface area (Å²) in [5.74, 6) is 0.632. The molecule has 4 rings (SSSR count). The highest BCUT2D eigenvalue weighted by Crippen LogP contribution is 2.38. The summed E-state index contributed by atoms with van der Waals surface area (Å²) in [6.07, 6.45) is 2.00. The molecule has 1 aromatic heterocycles. The number of benzene rings is 1. The molecule has 1 aromatic carbocycles. The fourth-order valence-corrected chi connectivity index (χ4v) is 6.05. The Kier molecular flexibility index (Phi) is 6.07. The lowest BCUT2D eigenvalue weighted by atomic mass is 9.97. The molecule has 0 spiro atoms. The van der Waals surface area contributed by atoms with Crippen LogP contribution in [0.1, 0.15) is 42.9 Å². The van der Waals surface area contributed by atoms with E-state index in [9.17, 15) is 18.0 Å². The van der Waals surface area contributed by atoms with Crippen LogP contribution in [-0.4, -0.2) is 50.2 Å². The summed E-state index contributed by atoms with van der Waals surface area (Å²) >= 11 is 0. The molecule has 2 aromatic rings. The van der Waals surface area contributed by atoms with E-state index in [1.54, 1.807) is 0 Å². The van der Waals surface area contributed by atoms with Crippen LogP contribution in [0.5, 0.6) is 5.75 Å². The zero-order chi connectivity index (χ0) is 22.2. The average Bonchev–Trinajstić information content (AvgIpc) is 3.10. The topological polar surface area (TPSA) is 103 Å². The van der Waals surface area contributed by atoms with E-state index in [1.807, 2.05) is 24.8 Å². The minimum Gasteiger partial charge on any atom is -0.477 e. The smallest absolute Gasteiger partial charge is 0.336 e. The minimum atomic E-state index is -3.03. The molecular formula is C22H27NO7S. The summed E-state index contributed by atoms with van der Waals surface area (Å²) in [7, 11) is -3.03. The van der Waals surface area contributed by atoms with Gasteiger partial charge in [0.15, 0.2) is 9.84 Å². The van der Waals surface area contributed by atoms with Gasteiger partial charge in [-0.25, -0.2) is 13.2 Å². The van der Waals surface area contributed by atoms with Crippen molar-refractivity contribution in [2.24, 2.45) is 0 Å². The van der Waals surface area contributed by atoms with Crippen LogP contribution in [0.3, 0.4) is 0 Å². The Hall–Kier alpha value is -2.39. The predicted octanol–water partition coefficient (Wildman–Crippen LogP) is 2.33. The van der Waals surface area contributed by atoms with E-state index in [-0.39, 0.29) is 36.7 Å². The van der Waals surface area contributed by atoms with Crippen LogP contribution in [0, 0.1) is 6.92 Å². The summed E-state index contributed by atoms with van der Waals surface area (Å²) in [5.41, 5.74) is 2.38. The Morgan fingerprint density at radius 1 is 1.32 bits per heavy atom. The summed E-state index contributed by atoms with van der Waals surface area (Å²) in [6.45, 7) is 4.86. The highest BCUT2D eigenvalue weighted by Gasteiger charge is 2.36. The molecular weight excluding hydrogens is 422 g/mol. The Morgan fingerprint density at radius 2 is 2.13 bits per heavy atom. The first-order chi connectivity index (χ1) is 14.8. The highest BCUT2D eigenvalue weighted by atomic mass is 32.2. The van der Waals surface area contributed by atoms with Crippen molar-refractivity contribution in [2.45, 2.75) is 52.1 Å². The van der Waals surface area contributed by atoms with Gasteiger partial charge in [-0.15, -0.1) is 0 Å². The van der Waals surface area contributed by atoms with Crippen molar-refractivity contribution in [1.82, 2.24) is 4.90 Å². The van der Waals surface area contributed by atoms with Gasteiger partial charge in [-0.3, -0.25) is 9.69 Å². The van der Waals surface area contributed by atoms with E-state index >= 15 is 0 Å². The Labute approximate surface area is 181 Å². The van der Waals surface area contributed by atoms with E-state index in [0.29, 0.717) is 37.3 Å². The van der Waals surface area contributed by atoms with Crippen LogP contribution >= 0.6 is 0 Å². The molecule has 0 radical (unpaired) electrons.